The Morgan fingerprint density at radius 2 is 2.00 bits per heavy atom. The fourth-order valence-corrected chi connectivity index (χ4v) is 2.55. The highest BCUT2D eigenvalue weighted by Crippen LogP contribution is 2.28. The molecule has 1 aromatic carbocycles. The summed E-state index contributed by atoms with van der Waals surface area (Å²) in [6.07, 6.45) is 4.84. The maximum atomic E-state index is 4.08. The van der Waals surface area contributed by atoms with Gasteiger partial charge in [-0.15, -0.1) is 0 Å². The summed E-state index contributed by atoms with van der Waals surface area (Å²) >= 11 is 0. The van der Waals surface area contributed by atoms with E-state index in [1.165, 1.54) is 22.3 Å². The summed E-state index contributed by atoms with van der Waals surface area (Å²) in [5, 5.41) is 3.58. The van der Waals surface area contributed by atoms with Crippen LogP contribution in [0.2, 0.25) is 0 Å². The maximum Gasteiger partial charge on any atom is 0.0580 e. The van der Waals surface area contributed by atoms with Crippen molar-refractivity contribution < 1.29 is 0 Å². The number of nitrogens with zero attached hydrogens (tertiary/aromatic N) is 1. The van der Waals surface area contributed by atoms with Crippen LogP contribution in [0.1, 0.15) is 28.3 Å². The number of hydrogen-bond donors (Lipinski definition) is 1. The summed E-state index contributed by atoms with van der Waals surface area (Å²) < 4.78 is 0. The minimum atomic E-state index is 0.322. The van der Waals surface area contributed by atoms with Gasteiger partial charge in [0.25, 0.3) is 0 Å². The molecule has 0 aliphatic carbocycles. The van der Waals surface area contributed by atoms with Gasteiger partial charge in [-0.25, -0.2) is 0 Å². The van der Waals surface area contributed by atoms with Crippen LogP contribution in [0, 0.1) is 6.92 Å². The number of rotatable bonds is 1. The number of fused-ring (bicyclic) bond motifs is 1. The predicted octanol–water partition coefficient (Wildman–Crippen LogP) is 2.63. The summed E-state index contributed by atoms with van der Waals surface area (Å²) in [7, 11) is 0. The lowest BCUT2D eigenvalue weighted by molar-refractivity contribution is 0.567. The molecule has 2 heteroatoms. The van der Waals surface area contributed by atoms with Gasteiger partial charge in [-0.3, -0.25) is 4.98 Å². The number of benzene rings is 1. The van der Waals surface area contributed by atoms with Gasteiger partial charge in [0.1, 0.15) is 0 Å². The van der Waals surface area contributed by atoms with Crippen LogP contribution in [-0.2, 0) is 6.42 Å². The van der Waals surface area contributed by atoms with E-state index < -0.39 is 0 Å². The molecular formula is C15H16N2. The van der Waals surface area contributed by atoms with Crippen LogP contribution in [0.3, 0.4) is 0 Å². The van der Waals surface area contributed by atoms with Crippen LogP contribution in [0.5, 0.6) is 0 Å². The van der Waals surface area contributed by atoms with Crippen molar-refractivity contribution in [3.05, 3.63) is 65.0 Å². The minimum Gasteiger partial charge on any atom is -0.306 e. The highest BCUT2D eigenvalue weighted by Gasteiger charge is 2.20. The predicted molar refractivity (Wildman–Crippen MR) is 69.0 cm³/mol. The van der Waals surface area contributed by atoms with Crippen molar-refractivity contribution in [3.63, 3.8) is 0 Å². The summed E-state index contributed by atoms with van der Waals surface area (Å²) in [4.78, 5) is 4.08. The maximum absolute atomic E-state index is 4.08. The average Bonchev–Trinajstić information content (AvgIpc) is 2.39. The molecule has 17 heavy (non-hydrogen) atoms. The van der Waals surface area contributed by atoms with E-state index in [0.717, 1.165) is 13.0 Å². The van der Waals surface area contributed by atoms with Crippen molar-refractivity contribution in [1.29, 1.82) is 0 Å². The van der Waals surface area contributed by atoms with Crippen LogP contribution in [0.15, 0.2) is 42.7 Å². The summed E-state index contributed by atoms with van der Waals surface area (Å²) in [5.41, 5.74) is 5.53. The Morgan fingerprint density at radius 1 is 1.18 bits per heavy atom. The topological polar surface area (TPSA) is 24.9 Å². The molecule has 0 spiro atoms. The van der Waals surface area contributed by atoms with Crippen molar-refractivity contribution in [1.82, 2.24) is 10.3 Å². The second-order valence-electron chi connectivity index (χ2n) is 4.62. The molecule has 2 aromatic rings. The van der Waals surface area contributed by atoms with E-state index in [2.05, 4.69) is 47.6 Å². The molecule has 0 bridgehead atoms. The van der Waals surface area contributed by atoms with Gasteiger partial charge in [-0.2, -0.15) is 0 Å². The van der Waals surface area contributed by atoms with Gasteiger partial charge in [0.05, 0.1) is 6.04 Å². The van der Waals surface area contributed by atoms with E-state index in [4.69, 9.17) is 0 Å². The van der Waals surface area contributed by atoms with E-state index in [0.29, 0.717) is 6.04 Å². The van der Waals surface area contributed by atoms with Crippen LogP contribution in [-0.4, -0.2) is 11.5 Å². The van der Waals surface area contributed by atoms with Crippen LogP contribution in [0.4, 0.5) is 0 Å². The zero-order valence-electron chi connectivity index (χ0n) is 9.98. The fourth-order valence-electron chi connectivity index (χ4n) is 2.55. The summed E-state index contributed by atoms with van der Waals surface area (Å²) in [5.74, 6) is 0. The number of nitrogens with one attached hydrogen (secondary N) is 1. The van der Waals surface area contributed by atoms with Gasteiger partial charge < -0.3 is 5.32 Å². The van der Waals surface area contributed by atoms with Gasteiger partial charge >= 0.3 is 0 Å². The first-order chi connectivity index (χ1) is 8.34. The Labute approximate surface area is 102 Å². The highest BCUT2D eigenvalue weighted by molar-refractivity contribution is 5.40. The van der Waals surface area contributed by atoms with E-state index >= 15 is 0 Å². The zero-order chi connectivity index (χ0) is 11.7. The second kappa shape index (κ2) is 4.30. The first-order valence-electron chi connectivity index (χ1n) is 6.07. The van der Waals surface area contributed by atoms with Crippen LogP contribution in [0.25, 0.3) is 0 Å². The van der Waals surface area contributed by atoms with Crippen molar-refractivity contribution in [3.8, 4) is 0 Å². The third-order valence-electron chi connectivity index (χ3n) is 3.39. The smallest absolute Gasteiger partial charge is 0.0580 e. The van der Waals surface area contributed by atoms with Crippen molar-refractivity contribution in [2.75, 3.05) is 6.54 Å². The number of aryl methyl sites for hydroxylation is 1. The minimum absolute atomic E-state index is 0.322. The molecule has 1 aliphatic rings. The van der Waals surface area contributed by atoms with Gasteiger partial charge in [0.15, 0.2) is 0 Å². The van der Waals surface area contributed by atoms with Gasteiger partial charge in [0.2, 0.25) is 0 Å². The number of aromatic nitrogens is 1. The van der Waals surface area contributed by atoms with Crippen molar-refractivity contribution >= 4 is 0 Å². The molecular weight excluding hydrogens is 208 g/mol. The van der Waals surface area contributed by atoms with Crippen LogP contribution >= 0.6 is 0 Å². The molecule has 1 N–H and O–H groups in total. The third kappa shape index (κ3) is 1.96. The molecule has 2 heterocycles. The van der Waals surface area contributed by atoms with Gasteiger partial charge in [0, 0.05) is 18.9 Å². The third-order valence-corrected chi connectivity index (χ3v) is 3.39. The lowest BCUT2D eigenvalue weighted by Crippen LogP contribution is -2.30. The quantitative estimate of drug-likeness (QED) is 0.805. The Morgan fingerprint density at radius 3 is 2.82 bits per heavy atom. The monoisotopic (exact) mass is 224 g/mol. The first kappa shape index (κ1) is 10.5. The highest BCUT2D eigenvalue weighted by atomic mass is 14.9. The SMILES string of the molecule is Cc1ccc2c(c1)CCNC2c1ccncc1. The number of pyridine rings is 1. The first-order valence-corrected chi connectivity index (χ1v) is 6.07. The van der Waals surface area contributed by atoms with E-state index in [9.17, 15) is 0 Å². The molecule has 1 aliphatic heterocycles. The summed E-state index contributed by atoms with van der Waals surface area (Å²) in [6, 6.07) is 11.3. The normalized spacial score (nSPS) is 18.8. The molecule has 2 nitrogen and oxygen atoms in total. The zero-order valence-corrected chi connectivity index (χ0v) is 9.98. The molecule has 0 saturated carbocycles. The van der Waals surface area contributed by atoms with E-state index in [-0.39, 0.29) is 0 Å². The molecule has 0 amide bonds. The molecule has 1 aromatic heterocycles. The Kier molecular flexibility index (Phi) is 2.65. The second-order valence-corrected chi connectivity index (χ2v) is 4.62. The standard InChI is InChI=1S/C15H16N2/c1-11-2-3-14-13(10-11)6-9-17-15(14)12-4-7-16-8-5-12/h2-5,7-8,10,15,17H,6,9H2,1H3. The Bertz CT molecular complexity index is 520. The molecule has 0 saturated heterocycles. The molecule has 0 radical (unpaired) electrons. The van der Waals surface area contributed by atoms with Gasteiger partial charge in [-0.1, -0.05) is 23.8 Å². The molecule has 1 atom stereocenters. The van der Waals surface area contributed by atoms with E-state index in [1.807, 2.05) is 12.4 Å². The summed E-state index contributed by atoms with van der Waals surface area (Å²) in [6.45, 7) is 3.20. The number of hydrogen-bond acceptors (Lipinski definition) is 2. The lowest BCUT2D eigenvalue weighted by atomic mass is 9.89. The van der Waals surface area contributed by atoms with Gasteiger partial charge in [-0.05, 0) is 42.2 Å². The van der Waals surface area contributed by atoms with Crippen LogP contribution < -0.4 is 5.32 Å². The van der Waals surface area contributed by atoms with Crippen molar-refractivity contribution in [2.45, 2.75) is 19.4 Å². The van der Waals surface area contributed by atoms with Crippen molar-refractivity contribution in [2.24, 2.45) is 0 Å². The average molecular weight is 224 g/mol. The Hall–Kier alpha value is -1.67. The largest absolute Gasteiger partial charge is 0.306 e. The Balaban J connectivity index is 2.06. The molecule has 0 fully saturated rings. The lowest BCUT2D eigenvalue weighted by Gasteiger charge is -2.27. The molecule has 3 rings (SSSR count). The molecule has 1 unspecified atom stereocenters. The van der Waals surface area contributed by atoms with E-state index in [1.54, 1.807) is 0 Å². The molecule has 86 valence electrons. The fraction of sp³-hybridized carbons (Fsp3) is 0.267.